The molecule has 2 unspecified atom stereocenters. The number of carboxylic acid groups (broad SMARTS) is 2. The van der Waals surface area contributed by atoms with E-state index in [1.165, 1.54) is 0 Å². The topological polar surface area (TPSA) is 152 Å². The molecule has 1 saturated carbocycles. The lowest BCUT2D eigenvalue weighted by Gasteiger charge is -2.28. The summed E-state index contributed by atoms with van der Waals surface area (Å²) in [6.07, 6.45) is 2.35. The maximum absolute atomic E-state index is 13.3. The Balaban J connectivity index is 1.67. The fraction of sp³-hybridized carbons (Fsp3) is 0.583. The molecule has 0 aromatic heterocycles. The van der Waals surface area contributed by atoms with Crippen LogP contribution >= 0.6 is 0 Å². The normalized spacial score (nSPS) is 23.8. The van der Waals surface area contributed by atoms with Crippen LogP contribution in [0.4, 0.5) is 5.69 Å². The summed E-state index contributed by atoms with van der Waals surface area (Å²) in [5, 5.41) is 21.8. The SMILES string of the molecule is COCCOCCCC1CCC(C(=O)O)(C(=O)N[C@H]2COc3ccccc3N(CC(=O)O)C2=O)C1. The van der Waals surface area contributed by atoms with Gasteiger partial charge in [-0.3, -0.25) is 24.1 Å². The number of rotatable bonds is 12. The van der Waals surface area contributed by atoms with Crippen molar-refractivity contribution in [3.8, 4) is 5.75 Å². The zero-order valence-corrected chi connectivity index (χ0v) is 19.7. The molecule has 35 heavy (non-hydrogen) atoms. The van der Waals surface area contributed by atoms with Gasteiger partial charge >= 0.3 is 11.9 Å². The second kappa shape index (κ2) is 12.0. The Kier molecular flexibility index (Phi) is 9.05. The molecule has 192 valence electrons. The van der Waals surface area contributed by atoms with E-state index in [2.05, 4.69) is 5.32 Å². The molecular weight excluding hydrogens is 460 g/mol. The molecule has 0 bridgehead atoms. The summed E-state index contributed by atoms with van der Waals surface area (Å²) in [6, 6.07) is 5.26. The third-order valence-corrected chi connectivity index (χ3v) is 6.52. The Morgan fingerprint density at radius 1 is 1.20 bits per heavy atom. The number of hydrogen-bond donors (Lipinski definition) is 3. The number of para-hydroxylation sites is 2. The van der Waals surface area contributed by atoms with Gasteiger partial charge in [-0.2, -0.15) is 0 Å². The molecular formula is C24H32N2O9. The lowest BCUT2D eigenvalue weighted by molar-refractivity contribution is -0.156. The summed E-state index contributed by atoms with van der Waals surface area (Å²) in [5.74, 6) is -3.55. The lowest BCUT2D eigenvalue weighted by Crippen LogP contribution is -2.56. The van der Waals surface area contributed by atoms with Gasteiger partial charge in [0.1, 0.15) is 30.4 Å². The third-order valence-electron chi connectivity index (χ3n) is 6.52. The fourth-order valence-electron chi connectivity index (χ4n) is 4.66. The third kappa shape index (κ3) is 6.29. The van der Waals surface area contributed by atoms with Crippen LogP contribution in [0.25, 0.3) is 0 Å². The average molecular weight is 493 g/mol. The van der Waals surface area contributed by atoms with E-state index in [1.807, 2.05) is 0 Å². The van der Waals surface area contributed by atoms with Crippen LogP contribution in [0.2, 0.25) is 0 Å². The first-order valence-corrected chi connectivity index (χ1v) is 11.6. The summed E-state index contributed by atoms with van der Waals surface area (Å²) in [4.78, 5) is 51.1. The number of hydrogen-bond acceptors (Lipinski definition) is 7. The highest BCUT2D eigenvalue weighted by Gasteiger charge is 2.52. The lowest BCUT2D eigenvalue weighted by atomic mass is 9.83. The molecule has 1 aliphatic heterocycles. The second-order valence-corrected chi connectivity index (χ2v) is 8.87. The molecule has 3 N–H and O–H groups in total. The first-order chi connectivity index (χ1) is 16.8. The minimum atomic E-state index is -1.65. The van der Waals surface area contributed by atoms with Gasteiger partial charge in [-0.25, -0.2) is 0 Å². The average Bonchev–Trinajstić information content (AvgIpc) is 3.23. The smallest absolute Gasteiger partial charge is 0.323 e. The number of methoxy groups -OCH3 is 1. The molecule has 3 rings (SSSR count). The van der Waals surface area contributed by atoms with Crippen molar-refractivity contribution in [3.05, 3.63) is 24.3 Å². The van der Waals surface area contributed by atoms with E-state index in [0.717, 1.165) is 17.7 Å². The highest BCUT2D eigenvalue weighted by atomic mass is 16.5. The van der Waals surface area contributed by atoms with Crippen molar-refractivity contribution in [1.29, 1.82) is 0 Å². The number of carbonyl (C=O) groups is 4. The van der Waals surface area contributed by atoms with Crippen LogP contribution in [0.1, 0.15) is 32.1 Å². The Labute approximate surface area is 203 Å². The van der Waals surface area contributed by atoms with E-state index < -0.39 is 41.8 Å². The van der Waals surface area contributed by atoms with Crippen molar-refractivity contribution in [2.24, 2.45) is 11.3 Å². The van der Waals surface area contributed by atoms with Crippen molar-refractivity contribution in [2.45, 2.75) is 38.1 Å². The number of carboxylic acids is 2. The molecule has 2 amide bonds. The largest absolute Gasteiger partial charge is 0.489 e. The van der Waals surface area contributed by atoms with E-state index in [1.54, 1.807) is 31.4 Å². The van der Waals surface area contributed by atoms with E-state index in [0.29, 0.717) is 32.0 Å². The van der Waals surface area contributed by atoms with E-state index in [-0.39, 0.29) is 31.1 Å². The number of nitrogens with one attached hydrogen (secondary N) is 1. The van der Waals surface area contributed by atoms with Gasteiger partial charge in [0.25, 0.3) is 5.91 Å². The van der Waals surface area contributed by atoms with Crippen LogP contribution in [0.15, 0.2) is 24.3 Å². The number of fused-ring (bicyclic) bond motifs is 1. The van der Waals surface area contributed by atoms with Crippen molar-refractivity contribution >= 4 is 29.4 Å². The van der Waals surface area contributed by atoms with Crippen LogP contribution in [-0.2, 0) is 28.7 Å². The molecule has 1 aliphatic carbocycles. The zero-order chi connectivity index (χ0) is 25.4. The molecule has 1 aromatic carbocycles. The van der Waals surface area contributed by atoms with E-state index in [4.69, 9.17) is 14.2 Å². The molecule has 11 nitrogen and oxygen atoms in total. The van der Waals surface area contributed by atoms with E-state index >= 15 is 0 Å². The maximum atomic E-state index is 13.3. The maximum Gasteiger partial charge on any atom is 0.323 e. The van der Waals surface area contributed by atoms with E-state index in [9.17, 15) is 29.4 Å². The van der Waals surface area contributed by atoms with Gasteiger partial charge in [0, 0.05) is 13.7 Å². The monoisotopic (exact) mass is 492 g/mol. The molecule has 11 heteroatoms. The van der Waals surface area contributed by atoms with Gasteiger partial charge in [-0.15, -0.1) is 0 Å². The molecule has 0 radical (unpaired) electrons. The Morgan fingerprint density at radius 3 is 2.69 bits per heavy atom. The number of anilines is 1. The van der Waals surface area contributed by atoms with Gasteiger partial charge in [0.2, 0.25) is 5.91 Å². The highest BCUT2D eigenvalue weighted by molar-refractivity contribution is 6.07. The highest BCUT2D eigenvalue weighted by Crippen LogP contribution is 2.44. The van der Waals surface area contributed by atoms with Crippen molar-refractivity contribution in [1.82, 2.24) is 5.32 Å². The Morgan fingerprint density at radius 2 is 1.97 bits per heavy atom. The predicted octanol–water partition coefficient (Wildman–Crippen LogP) is 1.30. The minimum absolute atomic E-state index is 0.0386. The van der Waals surface area contributed by atoms with Gasteiger partial charge in [0.15, 0.2) is 0 Å². The molecule has 1 heterocycles. The zero-order valence-electron chi connectivity index (χ0n) is 19.7. The molecule has 3 atom stereocenters. The summed E-state index contributed by atoms with van der Waals surface area (Å²) >= 11 is 0. The first-order valence-electron chi connectivity index (χ1n) is 11.6. The van der Waals surface area contributed by atoms with Gasteiger partial charge in [0.05, 0.1) is 18.9 Å². The molecule has 1 aromatic rings. The summed E-state index contributed by atoms with van der Waals surface area (Å²) < 4.78 is 16.0. The number of amides is 2. The number of carbonyl (C=O) groups excluding carboxylic acids is 2. The van der Waals surface area contributed by atoms with Crippen LogP contribution in [0.3, 0.4) is 0 Å². The number of ether oxygens (including phenoxy) is 3. The standard InChI is InChI=1S/C24H32N2O9/c1-33-11-12-34-10-4-5-16-8-9-24(13-16,23(31)32)22(30)25-17-15-35-19-7-3-2-6-18(19)26(21(17)29)14-20(27)28/h2-3,6-7,16-17H,4-5,8-15H2,1H3,(H,25,30)(H,27,28)(H,31,32)/t16?,17-,24?/m0/s1. The quantitative estimate of drug-likeness (QED) is 0.289. The molecule has 2 aliphatic rings. The first kappa shape index (κ1) is 26.4. The fourth-order valence-corrected chi connectivity index (χ4v) is 4.66. The van der Waals surface area contributed by atoms with Crippen LogP contribution in [-0.4, -0.2) is 80.1 Å². The summed E-state index contributed by atoms with van der Waals surface area (Å²) in [7, 11) is 1.59. The molecule has 1 fully saturated rings. The van der Waals surface area contributed by atoms with Gasteiger partial charge in [-0.1, -0.05) is 12.1 Å². The van der Waals surface area contributed by atoms with Crippen LogP contribution < -0.4 is 15.0 Å². The van der Waals surface area contributed by atoms with Gasteiger partial charge in [-0.05, 0) is 50.2 Å². The summed E-state index contributed by atoms with van der Waals surface area (Å²) in [5.41, 5.74) is -1.38. The molecule has 0 saturated heterocycles. The van der Waals surface area contributed by atoms with Gasteiger partial charge < -0.3 is 29.7 Å². The van der Waals surface area contributed by atoms with Crippen molar-refractivity contribution < 1.29 is 43.6 Å². The van der Waals surface area contributed by atoms with Crippen LogP contribution in [0.5, 0.6) is 5.75 Å². The minimum Gasteiger partial charge on any atom is -0.489 e. The second-order valence-electron chi connectivity index (χ2n) is 8.87. The Bertz CT molecular complexity index is 937. The van der Waals surface area contributed by atoms with Crippen LogP contribution in [0, 0.1) is 11.3 Å². The number of aliphatic carboxylic acids is 2. The molecule has 0 spiro atoms. The predicted molar refractivity (Wildman–Crippen MR) is 123 cm³/mol. The number of benzene rings is 1. The van der Waals surface area contributed by atoms with Crippen molar-refractivity contribution in [3.63, 3.8) is 0 Å². The number of nitrogens with zero attached hydrogens (tertiary/aromatic N) is 1. The summed E-state index contributed by atoms with van der Waals surface area (Å²) in [6.45, 7) is 0.660. The Hall–Kier alpha value is -3.18. The van der Waals surface area contributed by atoms with Crippen molar-refractivity contribution in [2.75, 3.05) is 45.0 Å².